The molecule has 2 aromatic rings. The molecule has 2 rings (SSSR count). The molecule has 0 N–H and O–H groups in total. The maximum Gasteiger partial charge on any atom is 0.273 e. The van der Waals surface area contributed by atoms with Gasteiger partial charge in [0.25, 0.3) is 5.69 Å². The molecule has 0 atom stereocenters. The van der Waals surface area contributed by atoms with Crippen LogP contribution in [0.2, 0.25) is 10.3 Å². The second-order valence-electron chi connectivity index (χ2n) is 3.15. The largest absolute Gasteiger partial charge is 0.437 e. The lowest BCUT2D eigenvalue weighted by Crippen LogP contribution is -1.93. The monoisotopic (exact) mass is 285 g/mol. The molecule has 0 aliphatic rings. The first-order valence-electron chi connectivity index (χ1n) is 4.66. The van der Waals surface area contributed by atoms with Crippen molar-refractivity contribution in [3.05, 3.63) is 50.9 Å². The molecule has 1 aromatic heterocycles. The Morgan fingerprint density at radius 1 is 1.33 bits per heavy atom. The number of non-ortho nitro benzene ring substituents is 1. The molecule has 0 fully saturated rings. The lowest BCUT2D eigenvalue weighted by Gasteiger charge is -2.05. The van der Waals surface area contributed by atoms with Crippen molar-refractivity contribution in [3.8, 4) is 11.6 Å². The van der Waals surface area contributed by atoms with Gasteiger partial charge in [0, 0.05) is 6.07 Å². The van der Waals surface area contributed by atoms with Crippen molar-refractivity contribution in [2.24, 2.45) is 0 Å². The van der Waals surface area contributed by atoms with Gasteiger partial charge in [-0.2, -0.15) is 4.98 Å². The van der Waals surface area contributed by atoms with Crippen LogP contribution < -0.4 is 4.74 Å². The van der Waals surface area contributed by atoms with Crippen LogP contribution in [0, 0.1) is 10.1 Å². The maximum absolute atomic E-state index is 10.6. The Kier molecular flexibility index (Phi) is 3.59. The van der Waals surface area contributed by atoms with Gasteiger partial charge in [-0.3, -0.25) is 10.1 Å². The fourth-order valence-corrected chi connectivity index (χ4v) is 1.43. The van der Waals surface area contributed by atoms with Gasteiger partial charge in [0.05, 0.1) is 17.2 Å². The van der Waals surface area contributed by atoms with Gasteiger partial charge < -0.3 is 4.74 Å². The molecular formula is C10H5Cl2N3O3. The molecule has 0 saturated carbocycles. The predicted molar refractivity (Wildman–Crippen MR) is 65.2 cm³/mol. The number of ether oxygens (including phenoxy) is 1. The van der Waals surface area contributed by atoms with Gasteiger partial charge >= 0.3 is 0 Å². The third-order valence-electron chi connectivity index (χ3n) is 1.93. The topological polar surface area (TPSA) is 78.2 Å². The number of aromatic nitrogens is 2. The van der Waals surface area contributed by atoms with Crippen molar-refractivity contribution in [1.82, 2.24) is 9.97 Å². The maximum atomic E-state index is 10.6. The zero-order valence-corrected chi connectivity index (χ0v) is 10.2. The predicted octanol–water partition coefficient (Wildman–Crippen LogP) is 3.48. The summed E-state index contributed by atoms with van der Waals surface area (Å²) in [7, 11) is 0. The molecule has 0 unspecified atom stereocenters. The van der Waals surface area contributed by atoms with Gasteiger partial charge in [0.1, 0.15) is 10.8 Å². The number of halogens is 2. The van der Waals surface area contributed by atoms with Crippen LogP contribution in [0.25, 0.3) is 0 Å². The number of rotatable bonds is 3. The van der Waals surface area contributed by atoms with Gasteiger partial charge in [0.15, 0.2) is 0 Å². The number of benzene rings is 1. The molecule has 8 heteroatoms. The summed E-state index contributed by atoms with van der Waals surface area (Å²) in [5.41, 5.74) is -0.0937. The molecule has 0 aliphatic carbocycles. The van der Waals surface area contributed by atoms with Crippen LogP contribution >= 0.6 is 23.2 Å². The summed E-state index contributed by atoms with van der Waals surface area (Å²) in [5, 5.41) is 10.7. The standard InChI is InChI=1S/C10H5Cl2N3O3/c11-8-5-13-10(12)14-9(8)18-7-3-1-2-6(4-7)15(16)17/h1-5H. The average Bonchev–Trinajstić information content (AvgIpc) is 2.34. The quantitative estimate of drug-likeness (QED) is 0.490. The second-order valence-corrected chi connectivity index (χ2v) is 3.89. The summed E-state index contributed by atoms with van der Waals surface area (Å²) in [6.45, 7) is 0. The van der Waals surface area contributed by atoms with Crippen molar-refractivity contribution in [1.29, 1.82) is 0 Å². The Morgan fingerprint density at radius 3 is 2.83 bits per heavy atom. The summed E-state index contributed by atoms with van der Waals surface area (Å²) in [6.07, 6.45) is 1.28. The summed E-state index contributed by atoms with van der Waals surface area (Å²) in [6, 6.07) is 5.64. The van der Waals surface area contributed by atoms with E-state index in [4.69, 9.17) is 27.9 Å². The van der Waals surface area contributed by atoms with E-state index in [2.05, 4.69) is 9.97 Å². The van der Waals surface area contributed by atoms with E-state index in [1.807, 2.05) is 0 Å². The minimum Gasteiger partial charge on any atom is -0.437 e. The first kappa shape index (κ1) is 12.5. The van der Waals surface area contributed by atoms with Gasteiger partial charge in [-0.25, -0.2) is 4.98 Å². The van der Waals surface area contributed by atoms with E-state index < -0.39 is 4.92 Å². The summed E-state index contributed by atoms with van der Waals surface area (Å²) < 4.78 is 5.31. The lowest BCUT2D eigenvalue weighted by atomic mass is 10.3. The van der Waals surface area contributed by atoms with Crippen LogP contribution in [0.1, 0.15) is 0 Å². The number of nitro benzene ring substituents is 1. The summed E-state index contributed by atoms with van der Waals surface area (Å²) in [5.74, 6) is 0.276. The number of nitro groups is 1. The van der Waals surface area contributed by atoms with Gasteiger partial charge in [-0.15, -0.1) is 0 Å². The highest BCUT2D eigenvalue weighted by Crippen LogP contribution is 2.29. The van der Waals surface area contributed by atoms with Crippen molar-refractivity contribution in [2.45, 2.75) is 0 Å². The molecule has 0 radical (unpaired) electrons. The summed E-state index contributed by atoms with van der Waals surface area (Å²) in [4.78, 5) is 17.5. The molecule has 0 amide bonds. The van der Waals surface area contributed by atoms with Crippen molar-refractivity contribution in [3.63, 3.8) is 0 Å². The fourth-order valence-electron chi connectivity index (χ4n) is 1.17. The fraction of sp³-hybridized carbons (Fsp3) is 0. The highest BCUT2D eigenvalue weighted by molar-refractivity contribution is 6.32. The highest BCUT2D eigenvalue weighted by Gasteiger charge is 2.10. The Balaban J connectivity index is 2.31. The van der Waals surface area contributed by atoms with Gasteiger partial charge in [0.2, 0.25) is 11.2 Å². The van der Waals surface area contributed by atoms with Crippen LogP contribution in [0.4, 0.5) is 5.69 Å². The molecule has 1 heterocycles. The van der Waals surface area contributed by atoms with E-state index >= 15 is 0 Å². The third-order valence-corrected chi connectivity index (χ3v) is 2.37. The van der Waals surface area contributed by atoms with Crippen molar-refractivity contribution < 1.29 is 9.66 Å². The third kappa shape index (κ3) is 2.85. The zero-order chi connectivity index (χ0) is 13.1. The first-order valence-corrected chi connectivity index (χ1v) is 5.42. The summed E-state index contributed by atoms with van der Waals surface area (Å²) >= 11 is 11.4. The van der Waals surface area contributed by atoms with E-state index in [0.717, 1.165) is 0 Å². The molecule has 0 saturated heterocycles. The first-order chi connectivity index (χ1) is 8.56. The minimum absolute atomic E-state index is 0.0279. The molecule has 18 heavy (non-hydrogen) atoms. The minimum atomic E-state index is -0.526. The molecule has 92 valence electrons. The van der Waals surface area contributed by atoms with Gasteiger partial charge in [-0.1, -0.05) is 17.7 Å². The average molecular weight is 286 g/mol. The van der Waals surface area contributed by atoms with Crippen LogP contribution in [0.5, 0.6) is 11.6 Å². The molecule has 0 spiro atoms. The Labute approximate surface area is 111 Å². The molecule has 1 aromatic carbocycles. The van der Waals surface area contributed by atoms with Crippen LogP contribution in [-0.2, 0) is 0 Å². The Morgan fingerprint density at radius 2 is 2.11 bits per heavy atom. The van der Waals surface area contributed by atoms with E-state index in [9.17, 15) is 10.1 Å². The Hall–Kier alpha value is -1.92. The normalized spacial score (nSPS) is 10.1. The second kappa shape index (κ2) is 5.16. The van der Waals surface area contributed by atoms with Crippen LogP contribution in [-0.4, -0.2) is 14.9 Å². The van der Waals surface area contributed by atoms with E-state index in [-0.39, 0.29) is 27.6 Å². The molecule has 6 nitrogen and oxygen atoms in total. The smallest absolute Gasteiger partial charge is 0.273 e. The number of hydrogen-bond donors (Lipinski definition) is 0. The van der Waals surface area contributed by atoms with Crippen LogP contribution in [0.3, 0.4) is 0 Å². The van der Waals surface area contributed by atoms with E-state index in [1.165, 1.54) is 24.4 Å². The number of nitrogens with zero attached hydrogens (tertiary/aromatic N) is 3. The van der Waals surface area contributed by atoms with E-state index in [0.29, 0.717) is 0 Å². The van der Waals surface area contributed by atoms with Crippen molar-refractivity contribution >= 4 is 28.9 Å². The van der Waals surface area contributed by atoms with Gasteiger partial charge in [-0.05, 0) is 17.7 Å². The van der Waals surface area contributed by atoms with Crippen LogP contribution in [0.15, 0.2) is 30.5 Å². The zero-order valence-electron chi connectivity index (χ0n) is 8.71. The highest BCUT2D eigenvalue weighted by atomic mass is 35.5. The molecule has 0 bridgehead atoms. The molecular weight excluding hydrogens is 281 g/mol. The Bertz CT molecular complexity index is 607. The number of hydrogen-bond acceptors (Lipinski definition) is 5. The van der Waals surface area contributed by atoms with E-state index in [1.54, 1.807) is 6.07 Å². The SMILES string of the molecule is O=[N+]([O-])c1cccc(Oc2nc(Cl)ncc2Cl)c1. The van der Waals surface area contributed by atoms with Crippen molar-refractivity contribution in [2.75, 3.05) is 0 Å². The molecule has 0 aliphatic heterocycles. The lowest BCUT2D eigenvalue weighted by molar-refractivity contribution is -0.384.